The lowest BCUT2D eigenvalue weighted by molar-refractivity contribution is 0.0441. The zero-order chi connectivity index (χ0) is 13.9. The van der Waals surface area contributed by atoms with Crippen LogP contribution < -0.4 is 5.32 Å². The summed E-state index contributed by atoms with van der Waals surface area (Å²) >= 11 is 9.42. The fraction of sp³-hybridized carbons (Fsp3) is 0.500. The van der Waals surface area contributed by atoms with Gasteiger partial charge in [0.15, 0.2) is 0 Å². The molecule has 1 N–H and O–H groups in total. The van der Waals surface area contributed by atoms with Crippen molar-refractivity contribution in [3.8, 4) is 0 Å². The van der Waals surface area contributed by atoms with Crippen LogP contribution in [0.3, 0.4) is 0 Å². The Balaban J connectivity index is 2.15. The number of hydrogen-bond acceptors (Lipinski definition) is 2. The summed E-state index contributed by atoms with van der Waals surface area (Å²) in [5.41, 5.74) is 1.36. The van der Waals surface area contributed by atoms with E-state index in [9.17, 15) is 4.79 Å². The number of amides is 1. The fourth-order valence-corrected chi connectivity index (χ4v) is 3.17. The first-order chi connectivity index (χ1) is 9.06. The van der Waals surface area contributed by atoms with Crippen molar-refractivity contribution in [3.05, 3.63) is 34.3 Å². The smallest absolute Gasteiger partial charge is 0.252 e. The second-order valence-electron chi connectivity index (χ2n) is 4.94. The summed E-state index contributed by atoms with van der Waals surface area (Å²) in [6.07, 6.45) is 1.66. The lowest BCUT2D eigenvalue weighted by atomic mass is 9.91. The number of hydrogen-bond donors (Lipinski definition) is 1. The van der Waals surface area contributed by atoms with Crippen molar-refractivity contribution in [2.75, 3.05) is 18.5 Å². The van der Waals surface area contributed by atoms with Crippen LogP contribution in [-0.2, 0) is 4.74 Å². The van der Waals surface area contributed by atoms with Crippen molar-refractivity contribution >= 4 is 33.4 Å². The van der Waals surface area contributed by atoms with Gasteiger partial charge in [-0.1, -0.05) is 27.5 Å². The Morgan fingerprint density at radius 3 is 2.74 bits per heavy atom. The van der Waals surface area contributed by atoms with E-state index in [0.29, 0.717) is 23.8 Å². The maximum atomic E-state index is 12.4. The topological polar surface area (TPSA) is 38.3 Å². The lowest BCUT2D eigenvalue weighted by Crippen LogP contribution is -2.53. The summed E-state index contributed by atoms with van der Waals surface area (Å²) in [5.74, 6) is -0.0458. The van der Waals surface area contributed by atoms with Gasteiger partial charge in [0.25, 0.3) is 5.91 Å². The minimum absolute atomic E-state index is 0.0458. The van der Waals surface area contributed by atoms with Crippen molar-refractivity contribution in [1.29, 1.82) is 0 Å². The summed E-state index contributed by atoms with van der Waals surface area (Å²) in [6.45, 7) is 3.27. The van der Waals surface area contributed by atoms with E-state index in [1.165, 1.54) is 0 Å². The second-order valence-corrected chi connectivity index (χ2v) is 5.94. The molecule has 0 saturated carbocycles. The zero-order valence-corrected chi connectivity index (χ0v) is 13.2. The molecular weight excluding hydrogens is 330 g/mol. The molecule has 1 aromatic carbocycles. The standard InChI is InChI=1S/C14H17BrClNO2/c1-10-8-11(16)2-3-12(10)13(18)17-14(9-15)4-6-19-7-5-14/h2-3,8H,4-7,9H2,1H3,(H,17,18). The number of alkyl halides is 1. The molecule has 1 aromatic rings. The zero-order valence-electron chi connectivity index (χ0n) is 10.8. The first-order valence-electron chi connectivity index (χ1n) is 6.29. The predicted molar refractivity (Wildman–Crippen MR) is 80.2 cm³/mol. The summed E-state index contributed by atoms with van der Waals surface area (Å²) < 4.78 is 5.36. The molecule has 0 radical (unpaired) electrons. The summed E-state index contributed by atoms with van der Waals surface area (Å²) in [6, 6.07) is 5.32. The average molecular weight is 347 g/mol. The molecule has 3 nitrogen and oxygen atoms in total. The minimum atomic E-state index is -0.207. The summed E-state index contributed by atoms with van der Waals surface area (Å²) in [5, 5.41) is 4.54. The molecule has 5 heteroatoms. The largest absolute Gasteiger partial charge is 0.381 e. The highest BCUT2D eigenvalue weighted by Gasteiger charge is 2.33. The van der Waals surface area contributed by atoms with Gasteiger partial charge in [-0.3, -0.25) is 4.79 Å². The van der Waals surface area contributed by atoms with Gasteiger partial charge in [-0.05, 0) is 43.5 Å². The van der Waals surface area contributed by atoms with Crippen LogP contribution in [0.2, 0.25) is 5.02 Å². The van der Waals surface area contributed by atoms with Crippen LogP contribution in [0.1, 0.15) is 28.8 Å². The van der Waals surface area contributed by atoms with Crippen LogP contribution in [0, 0.1) is 6.92 Å². The van der Waals surface area contributed by atoms with E-state index in [4.69, 9.17) is 16.3 Å². The second kappa shape index (κ2) is 6.25. The molecule has 0 aromatic heterocycles. The van der Waals surface area contributed by atoms with Gasteiger partial charge in [0.2, 0.25) is 0 Å². The molecule has 0 bridgehead atoms. The Morgan fingerprint density at radius 1 is 1.47 bits per heavy atom. The molecule has 0 atom stereocenters. The third-order valence-corrected chi connectivity index (χ3v) is 4.83. The Kier molecular flexibility index (Phi) is 4.87. The molecule has 1 aliphatic heterocycles. The number of nitrogens with one attached hydrogen (secondary N) is 1. The molecule has 2 rings (SSSR count). The number of benzene rings is 1. The van der Waals surface area contributed by atoms with E-state index in [1.54, 1.807) is 18.2 Å². The number of rotatable bonds is 3. The molecule has 1 fully saturated rings. The number of ether oxygens (including phenoxy) is 1. The van der Waals surface area contributed by atoms with E-state index in [2.05, 4.69) is 21.2 Å². The summed E-state index contributed by atoms with van der Waals surface area (Å²) in [4.78, 5) is 12.4. The van der Waals surface area contributed by atoms with Gasteiger partial charge in [-0.15, -0.1) is 0 Å². The first kappa shape index (κ1) is 14.8. The number of aryl methyl sites for hydroxylation is 1. The van der Waals surface area contributed by atoms with E-state index < -0.39 is 0 Å². The molecular formula is C14H17BrClNO2. The Morgan fingerprint density at radius 2 is 2.16 bits per heavy atom. The highest BCUT2D eigenvalue weighted by atomic mass is 79.9. The molecule has 1 aliphatic rings. The molecule has 1 saturated heterocycles. The van der Waals surface area contributed by atoms with Gasteiger partial charge in [0.05, 0.1) is 5.54 Å². The predicted octanol–water partition coefficient (Wildman–Crippen LogP) is 3.32. The van der Waals surface area contributed by atoms with E-state index in [-0.39, 0.29) is 11.4 Å². The SMILES string of the molecule is Cc1cc(Cl)ccc1C(=O)NC1(CBr)CCOCC1. The normalized spacial score (nSPS) is 18.1. The van der Waals surface area contributed by atoms with Gasteiger partial charge in [-0.2, -0.15) is 0 Å². The third kappa shape index (κ3) is 3.50. The van der Waals surface area contributed by atoms with Gasteiger partial charge >= 0.3 is 0 Å². The molecule has 1 amide bonds. The van der Waals surface area contributed by atoms with Crippen LogP contribution in [0.25, 0.3) is 0 Å². The van der Waals surface area contributed by atoms with E-state index >= 15 is 0 Å². The maximum Gasteiger partial charge on any atom is 0.252 e. The number of carbonyl (C=O) groups excluding carboxylic acids is 1. The average Bonchev–Trinajstić information content (AvgIpc) is 2.39. The Labute approximate surface area is 126 Å². The molecule has 0 spiro atoms. The van der Waals surface area contributed by atoms with E-state index in [1.807, 2.05) is 6.92 Å². The minimum Gasteiger partial charge on any atom is -0.381 e. The Bertz CT molecular complexity index is 473. The molecule has 0 aliphatic carbocycles. The van der Waals surface area contributed by atoms with Gasteiger partial charge in [0, 0.05) is 29.1 Å². The van der Waals surface area contributed by atoms with Crippen molar-refractivity contribution in [3.63, 3.8) is 0 Å². The van der Waals surface area contributed by atoms with Crippen molar-refractivity contribution in [2.45, 2.75) is 25.3 Å². The number of halogens is 2. The maximum absolute atomic E-state index is 12.4. The van der Waals surface area contributed by atoms with Crippen LogP contribution >= 0.6 is 27.5 Å². The van der Waals surface area contributed by atoms with Crippen LogP contribution in [0.5, 0.6) is 0 Å². The lowest BCUT2D eigenvalue weighted by Gasteiger charge is -2.36. The first-order valence-corrected chi connectivity index (χ1v) is 7.79. The van der Waals surface area contributed by atoms with Gasteiger partial charge < -0.3 is 10.1 Å². The van der Waals surface area contributed by atoms with Crippen LogP contribution in [0.4, 0.5) is 0 Å². The monoisotopic (exact) mass is 345 g/mol. The third-order valence-electron chi connectivity index (χ3n) is 3.52. The summed E-state index contributed by atoms with van der Waals surface area (Å²) in [7, 11) is 0. The fourth-order valence-electron chi connectivity index (χ4n) is 2.24. The van der Waals surface area contributed by atoms with Crippen molar-refractivity contribution < 1.29 is 9.53 Å². The Hall–Kier alpha value is -0.580. The molecule has 19 heavy (non-hydrogen) atoms. The highest BCUT2D eigenvalue weighted by Crippen LogP contribution is 2.24. The molecule has 1 heterocycles. The highest BCUT2D eigenvalue weighted by molar-refractivity contribution is 9.09. The molecule has 0 unspecified atom stereocenters. The van der Waals surface area contributed by atoms with Crippen LogP contribution in [0.15, 0.2) is 18.2 Å². The van der Waals surface area contributed by atoms with Crippen molar-refractivity contribution in [1.82, 2.24) is 5.32 Å². The van der Waals surface area contributed by atoms with Crippen molar-refractivity contribution in [2.24, 2.45) is 0 Å². The number of carbonyl (C=O) groups is 1. The molecule has 104 valence electrons. The van der Waals surface area contributed by atoms with E-state index in [0.717, 1.165) is 23.7 Å². The van der Waals surface area contributed by atoms with Gasteiger partial charge in [-0.25, -0.2) is 0 Å². The van der Waals surface area contributed by atoms with Gasteiger partial charge in [0.1, 0.15) is 0 Å². The van der Waals surface area contributed by atoms with Crippen LogP contribution in [-0.4, -0.2) is 30.0 Å². The quantitative estimate of drug-likeness (QED) is 0.853.